The first-order valence-corrected chi connectivity index (χ1v) is 7.15. The van der Waals surface area contributed by atoms with Crippen molar-refractivity contribution in [3.05, 3.63) is 37.7 Å². The summed E-state index contributed by atoms with van der Waals surface area (Å²) < 4.78 is 3.05. The zero-order chi connectivity index (χ0) is 12.6. The van der Waals surface area contributed by atoms with Gasteiger partial charge in [0.05, 0.1) is 5.69 Å². The van der Waals surface area contributed by atoms with Gasteiger partial charge in [0.15, 0.2) is 0 Å². The second-order valence-corrected chi connectivity index (χ2v) is 6.07. The van der Waals surface area contributed by atoms with Crippen molar-refractivity contribution in [1.82, 2.24) is 9.78 Å². The third-order valence-electron chi connectivity index (χ3n) is 3.03. The van der Waals surface area contributed by atoms with E-state index in [-0.39, 0.29) is 6.04 Å². The highest BCUT2D eigenvalue weighted by molar-refractivity contribution is 9.10. The van der Waals surface area contributed by atoms with E-state index in [9.17, 15) is 0 Å². The minimum Gasteiger partial charge on any atom is -0.324 e. The lowest BCUT2D eigenvalue weighted by atomic mass is 10.0. The Morgan fingerprint density at radius 3 is 2.71 bits per heavy atom. The number of thiophene rings is 1. The molecule has 2 N–H and O–H groups in total. The number of hydrogen-bond donors (Lipinski definition) is 1. The molecule has 5 heteroatoms. The molecule has 0 aliphatic heterocycles. The average molecular weight is 314 g/mol. The van der Waals surface area contributed by atoms with Crippen LogP contribution < -0.4 is 5.73 Å². The van der Waals surface area contributed by atoms with Gasteiger partial charge in [-0.15, -0.1) is 11.3 Å². The van der Waals surface area contributed by atoms with Crippen molar-refractivity contribution in [1.29, 1.82) is 0 Å². The Kier molecular flexibility index (Phi) is 3.70. The van der Waals surface area contributed by atoms with E-state index in [0.29, 0.717) is 0 Å². The predicted molar refractivity (Wildman–Crippen MR) is 75.3 cm³/mol. The number of rotatable bonds is 3. The van der Waals surface area contributed by atoms with E-state index in [1.54, 1.807) is 11.3 Å². The molecule has 2 aromatic heterocycles. The van der Waals surface area contributed by atoms with Gasteiger partial charge < -0.3 is 5.73 Å². The van der Waals surface area contributed by atoms with E-state index in [4.69, 9.17) is 5.73 Å². The number of nitrogens with two attached hydrogens (primary N) is 1. The highest BCUT2D eigenvalue weighted by Crippen LogP contribution is 2.29. The molecule has 2 rings (SSSR count). The highest BCUT2D eigenvalue weighted by atomic mass is 79.9. The van der Waals surface area contributed by atoms with E-state index in [2.05, 4.69) is 39.4 Å². The Bertz CT molecular complexity index is 530. The summed E-state index contributed by atoms with van der Waals surface area (Å²) >= 11 is 5.28. The SMILES string of the molecule is Cc1nn(C)c(C)c1C(N)Cc1sccc1Br. The monoisotopic (exact) mass is 313 g/mol. The first-order chi connectivity index (χ1) is 8.00. The van der Waals surface area contributed by atoms with Crippen molar-refractivity contribution in [2.24, 2.45) is 12.8 Å². The largest absolute Gasteiger partial charge is 0.324 e. The Morgan fingerprint density at radius 1 is 1.53 bits per heavy atom. The summed E-state index contributed by atoms with van der Waals surface area (Å²) in [6, 6.07) is 2.08. The van der Waals surface area contributed by atoms with Crippen LogP contribution in [0.4, 0.5) is 0 Å². The quantitative estimate of drug-likeness (QED) is 0.946. The van der Waals surface area contributed by atoms with Crippen LogP contribution in [0.2, 0.25) is 0 Å². The van der Waals surface area contributed by atoms with Crippen LogP contribution in [0.15, 0.2) is 15.9 Å². The second-order valence-electron chi connectivity index (χ2n) is 4.21. The first-order valence-electron chi connectivity index (χ1n) is 5.48. The summed E-state index contributed by atoms with van der Waals surface area (Å²) in [5.74, 6) is 0. The van der Waals surface area contributed by atoms with Crippen molar-refractivity contribution in [3.63, 3.8) is 0 Å². The van der Waals surface area contributed by atoms with Crippen LogP contribution in [-0.2, 0) is 13.5 Å². The molecule has 1 atom stereocenters. The average Bonchev–Trinajstić information content (AvgIpc) is 2.74. The van der Waals surface area contributed by atoms with Crippen LogP contribution in [0, 0.1) is 13.8 Å². The molecule has 1 unspecified atom stereocenters. The molecule has 0 aliphatic rings. The minimum absolute atomic E-state index is 0.0126. The Balaban J connectivity index is 2.26. The summed E-state index contributed by atoms with van der Waals surface area (Å²) in [5.41, 5.74) is 9.66. The summed E-state index contributed by atoms with van der Waals surface area (Å²) in [7, 11) is 1.96. The Hall–Kier alpha value is -0.650. The molecular formula is C12H16BrN3S. The molecular weight excluding hydrogens is 298 g/mol. The smallest absolute Gasteiger partial charge is 0.0644 e. The number of hydrogen-bond acceptors (Lipinski definition) is 3. The van der Waals surface area contributed by atoms with Gasteiger partial charge >= 0.3 is 0 Å². The number of aromatic nitrogens is 2. The fourth-order valence-corrected chi connectivity index (χ4v) is 3.67. The maximum absolute atomic E-state index is 6.30. The summed E-state index contributed by atoms with van der Waals surface area (Å²) in [6.07, 6.45) is 0.853. The van der Waals surface area contributed by atoms with Gasteiger partial charge in [0, 0.05) is 40.1 Å². The topological polar surface area (TPSA) is 43.8 Å². The van der Waals surface area contributed by atoms with E-state index in [0.717, 1.165) is 22.3 Å². The summed E-state index contributed by atoms with van der Waals surface area (Å²) in [4.78, 5) is 1.29. The van der Waals surface area contributed by atoms with Crippen LogP contribution in [0.25, 0.3) is 0 Å². The summed E-state index contributed by atoms with van der Waals surface area (Å²) in [6.45, 7) is 4.09. The van der Waals surface area contributed by atoms with Gasteiger partial charge in [-0.25, -0.2) is 0 Å². The molecule has 0 aromatic carbocycles. The van der Waals surface area contributed by atoms with E-state index >= 15 is 0 Å². The van der Waals surface area contributed by atoms with Crippen LogP contribution in [0.5, 0.6) is 0 Å². The van der Waals surface area contributed by atoms with Crippen molar-refractivity contribution in [3.8, 4) is 0 Å². The molecule has 0 amide bonds. The molecule has 0 fully saturated rings. The highest BCUT2D eigenvalue weighted by Gasteiger charge is 2.18. The first kappa shape index (κ1) is 12.8. The lowest BCUT2D eigenvalue weighted by Crippen LogP contribution is -2.15. The van der Waals surface area contributed by atoms with E-state index in [1.807, 2.05) is 18.7 Å². The molecule has 3 nitrogen and oxygen atoms in total. The maximum Gasteiger partial charge on any atom is 0.0644 e. The number of nitrogens with zero attached hydrogens (tertiary/aromatic N) is 2. The van der Waals surface area contributed by atoms with Gasteiger partial charge in [0.2, 0.25) is 0 Å². The van der Waals surface area contributed by atoms with Gasteiger partial charge in [0.25, 0.3) is 0 Å². The zero-order valence-electron chi connectivity index (χ0n) is 10.2. The molecule has 0 bridgehead atoms. The lowest BCUT2D eigenvalue weighted by Gasteiger charge is -2.11. The van der Waals surface area contributed by atoms with Crippen molar-refractivity contribution < 1.29 is 0 Å². The van der Waals surface area contributed by atoms with Gasteiger partial charge in [0.1, 0.15) is 0 Å². The molecule has 0 saturated carbocycles. The lowest BCUT2D eigenvalue weighted by molar-refractivity contribution is 0.704. The maximum atomic E-state index is 6.30. The van der Waals surface area contributed by atoms with Gasteiger partial charge in [-0.1, -0.05) is 0 Å². The minimum atomic E-state index is 0.0126. The standard InChI is InChI=1S/C12H16BrN3S/c1-7-12(8(2)16(3)15-7)10(14)6-11-9(13)4-5-17-11/h4-5,10H,6,14H2,1-3H3. The molecule has 2 aromatic rings. The fraction of sp³-hybridized carbons (Fsp3) is 0.417. The molecule has 2 heterocycles. The van der Waals surface area contributed by atoms with Gasteiger partial charge in [-0.2, -0.15) is 5.10 Å². The third kappa shape index (κ3) is 2.46. The normalized spacial score (nSPS) is 13.0. The number of aryl methyl sites for hydroxylation is 2. The predicted octanol–water partition coefficient (Wildman–Crippen LogP) is 3.10. The van der Waals surface area contributed by atoms with E-state index < -0.39 is 0 Å². The van der Waals surface area contributed by atoms with Crippen LogP contribution >= 0.6 is 27.3 Å². The van der Waals surface area contributed by atoms with Crippen LogP contribution in [0.3, 0.4) is 0 Å². The van der Waals surface area contributed by atoms with Crippen molar-refractivity contribution >= 4 is 27.3 Å². The Labute approximate surface area is 114 Å². The third-order valence-corrected chi connectivity index (χ3v) is 4.98. The number of halogens is 1. The van der Waals surface area contributed by atoms with Gasteiger partial charge in [-0.05, 0) is 41.2 Å². The van der Waals surface area contributed by atoms with Crippen molar-refractivity contribution in [2.45, 2.75) is 26.3 Å². The van der Waals surface area contributed by atoms with Gasteiger partial charge in [-0.3, -0.25) is 4.68 Å². The van der Waals surface area contributed by atoms with Crippen molar-refractivity contribution in [2.75, 3.05) is 0 Å². The van der Waals surface area contributed by atoms with Crippen LogP contribution in [0.1, 0.15) is 27.9 Å². The van der Waals surface area contributed by atoms with E-state index in [1.165, 1.54) is 10.4 Å². The second kappa shape index (κ2) is 4.92. The molecule has 0 saturated heterocycles. The molecule has 17 heavy (non-hydrogen) atoms. The van der Waals surface area contributed by atoms with Crippen LogP contribution in [-0.4, -0.2) is 9.78 Å². The molecule has 92 valence electrons. The molecule has 0 radical (unpaired) electrons. The molecule has 0 aliphatic carbocycles. The molecule has 0 spiro atoms. The zero-order valence-corrected chi connectivity index (χ0v) is 12.6. The summed E-state index contributed by atoms with van der Waals surface area (Å²) in [5, 5.41) is 6.49. The fourth-order valence-electron chi connectivity index (χ4n) is 2.10. The Morgan fingerprint density at radius 2 is 2.24 bits per heavy atom.